The van der Waals surface area contributed by atoms with Crippen LogP contribution in [0.25, 0.3) is 0 Å². The maximum Gasteiger partial charge on any atom is 0.218 e. The van der Waals surface area contributed by atoms with E-state index in [1.807, 2.05) is 12.1 Å². The van der Waals surface area contributed by atoms with Crippen LogP contribution in [-0.4, -0.2) is 18.8 Å². The lowest BCUT2D eigenvalue weighted by atomic mass is 9.52. The number of hydrogen-bond donors (Lipinski definition) is 1. The second-order valence-corrected chi connectivity index (χ2v) is 8.09. The van der Waals surface area contributed by atoms with E-state index < -0.39 is 34.5 Å². The fourth-order valence-electron chi connectivity index (χ4n) is 4.72. The number of nitrogens with one attached hydrogen (secondary N) is 1. The smallest absolute Gasteiger partial charge is 0.218 e. The minimum absolute atomic E-state index is 0.460. The van der Waals surface area contributed by atoms with Crippen molar-refractivity contribution >= 4 is 17.5 Å². The summed E-state index contributed by atoms with van der Waals surface area (Å²) in [5.41, 5.74) is -2.86. The molecule has 0 saturated carbocycles. The Morgan fingerprint density at radius 2 is 1.55 bits per heavy atom. The summed E-state index contributed by atoms with van der Waals surface area (Å²) in [6.45, 7) is 1.62. The van der Waals surface area contributed by atoms with Gasteiger partial charge in [-0.25, -0.2) is 0 Å². The normalized spacial score (nSPS) is 30.4. The van der Waals surface area contributed by atoms with Crippen LogP contribution < -0.4 is 4.74 Å². The van der Waals surface area contributed by atoms with Crippen molar-refractivity contribution in [2.75, 3.05) is 7.11 Å². The van der Waals surface area contributed by atoms with Crippen molar-refractivity contribution in [1.82, 2.24) is 0 Å². The van der Waals surface area contributed by atoms with Gasteiger partial charge < -0.3 is 14.2 Å². The van der Waals surface area contributed by atoms with Crippen LogP contribution in [0.4, 0.5) is 0 Å². The van der Waals surface area contributed by atoms with Crippen molar-refractivity contribution in [3.05, 3.63) is 64.7 Å². The van der Waals surface area contributed by atoms with Crippen LogP contribution in [0.15, 0.2) is 48.5 Å². The Bertz CT molecular complexity index is 1160. The fourth-order valence-corrected chi connectivity index (χ4v) is 4.85. The Morgan fingerprint density at radius 3 is 2.06 bits per heavy atom. The van der Waals surface area contributed by atoms with E-state index in [0.717, 1.165) is 0 Å². The SMILES string of the molecule is COc1ccc(C2C3(C)OC(=N)C2(C#N)C(C#N)(C#N)C(c2ccc(Cl)cc2)O3)cc1. The summed E-state index contributed by atoms with van der Waals surface area (Å²) in [5, 5.41) is 40.1. The molecular formula is C23H17ClN4O3. The molecule has 4 unspecified atom stereocenters. The molecule has 2 bridgehead atoms. The lowest BCUT2D eigenvalue weighted by molar-refractivity contribution is -0.253. The molecule has 2 aromatic carbocycles. The first-order chi connectivity index (χ1) is 14.8. The van der Waals surface area contributed by atoms with E-state index >= 15 is 0 Å². The highest BCUT2D eigenvalue weighted by atomic mass is 35.5. The monoisotopic (exact) mass is 432 g/mol. The van der Waals surface area contributed by atoms with Gasteiger partial charge >= 0.3 is 0 Å². The van der Waals surface area contributed by atoms with E-state index in [-0.39, 0.29) is 0 Å². The van der Waals surface area contributed by atoms with Crippen LogP contribution in [0.3, 0.4) is 0 Å². The Hall–Kier alpha value is -3.57. The molecule has 4 atom stereocenters. The maximum absolute atomic E-state index is 10.4. The second kappa shape index (κ2) is 7.00. The molecule has 4 rings (SSSR count). The molecule has 0 spiro atoms. The van der Waals surface area contributed by atoms with Crippen LogP contribution in [0, 0.1) is 50.2 Å². The first-order valence-corrected chi connectivity index (χ1v) is 9.78. The van der Waals surface area contributed by atoms with E-state index in [0.29, 0.717) is 21.9 Å². The summed E-state index contributed by atoms with van der Waals surface area (Å²) in [4.78, 5) is 0. The molecule has 2 aromatic rings. The first kappa shape index (κ1) is 20.7. The molecule has 2 aliphatic rings. The van der Waals surface area contributed by atoms with E-state index in [4.69, 9.17) is 31.2 Å². The van der Waals surface area contributed by atoms with Gasteiger partial charge in [0.1, 0.15) is 11.9 Å². The summed E-state index contributed by atoms with van der Waals surface area (Å²) < 4.78 is 17.3. The van der Waals surface area contributed by atoms with Gasteiger partial charge in [-0.3, -0.25) is 5.41 Å². The predicted octanol–water partition coefficient (Wildman–Crippen LogP) is 4.47. The average Bonchev–Trinajstić information content (AvgIpc) is 2.97. The zero-order valence-electron chi connectivity index (χ0n) is 16.7. The number of nitriles is 3. The van der Waals surface area contributed by atoms with Gasteiger partial charge in [-0.15, -0.1) is 0 Å². The van der Waals surface area contributed by atoms with Crippen molar-refractivity contribution in [3.63, 3.8) is 0 Å². The summed E-state index contributed by atoms with van der Waals surface area (Å²) >= 11 is 6.00. The molecule has 154 valence electrons. The largest absolute Gasteiger partial charge is 0.497 e. The molecule has 2 heterocycles. The minimum atomic E-state index is -2.05. The third-order valence-corrected chi connectivity index (χ3v) is 6.39. The van der Waals surface area contributed by atoms with Gasteiger partial charge in [0.05, 0.1) is 31.2 Å². The minimum Gasteiger partial charge on any atom is -0.497 e. The van der Waals surface area contributed by atoms with Crippen LogP contribution in [0.2, 0.25) is 5.02 Å². The second-order valence-electron chi connectivity index (χ2n) is 7.65. The molecule has 0 amide bonds. The Kier molecular flexibility index (Phi) is 4.67. The van der Waals surface area contributed by atoms with Crippen molar-refractivity contribution in [2.45, 2.75) is 24.7 Å². The third kappa shape index (κ3) is 2.56. The first-order valence-electron chi connectivity index (χ1n) is 9.41. The average molecular weight is 433 g/mol. The van der Waals surface area contributed by atoms with Gasteiger partial charge in [0, 0.05) is 11.9 Å². The van der Waals surface area contributed by atoms with Crippen LogP contribution in [-0.2, 0) is 9.47 Å². The number of ether oxygens (including phenoxy) is 3. The van der Waals surface area contributed by atoms with E-state index in [9.17, 15) is 15.8 Å². The van der Waals surface area contributed by atoms with Gasteiger partial charge in [0.25, 0.3) is 0 Å². The highest BCUT2D eigenvalue weighted by Gasteiger charge is 2.79. The summed E-state index contributed by atoms with van der Waals surface area (Å²) in [6, 6.07) is 19.6. The standard InChI is InChI=1S/C23H17ClN4O3/c1-21-18(14-5-9-17(29-2)10-6-14)23(13-27,20(28)31-21)22(11-25,12-26)19(30-21)15-3-7-16(24)8-4-15/h3-10,18-19,28H,1-2H3. The topological polar surface area (TPSA) is 123 Å². The number of fused-ring (bicyclic) bond motifs is 2. The summed E-state index contributed by atoms with van der Waals surface area (Å²) in [6.07, 6.45) is -1.14. The lowest BCUT2D eigenvalue weighted by Gasteiger charge is -2.48. The van der Waals surface area contributed by atoms with Crippen molar-refractivity contribution in [3.8, 4) is 24.0 Å². The number of halogens is 1. The Balaban J connectivity index is 1.99. The quantitative estimate of drug-likeness (QED) is 0.763. The molecule has 0 aromatic heterocycles. The molecule has 8 heteroatoms. The van der Waals surface area contributed by atoms with Crippen molar-refractivity contribution < 1.29 is 14.2 Å². The number of hydrogen-bond acceptors (Lipinski definition) is 7. The van der Waals surface area contributed by atoms with Gasteiger partial charge in [-0.05, 0) is 35.4 Å². The van der Waals surface area contributed by atoms with Gasteiger partial charge in [0.2, 0.25) is 17.1 Å². The van der Waals surface area contributed by atoms with Crippen LogP contribution in [0.5, 0.6) is 5.75 Å². The molecule has 31 heavy (non-hydrogen) atoms. The highest BCUT2D eigenvalue weighted by molar-refractivity contribution is 6.30. The lowest BCUT2D eigenvalue weighted by Crippen LogP contribution is -2.57. The van der Waals surface area contributed by atoms with Gasteiger partial charge in [-0.1, -0.05) is 35.9 Å². The Labute approximate surface area is 184 Å². The molecule has 0 radical (unpaired) electrons. The molecule has 1 N–H and O–H groups in total. The van der Waals surface area contributed by atoms with E-state index in [1.165, 1.54) is 7.11 Å². The predicted molar refractivity (Wildman–Crippen MR) is 110 cm³/mol. The van der Waals surface area contributed by atoms with E-state index in [2.05, 4.69) is 6.07 Å². The van der Waals surface area contributed by atoms with Gasteiger partial charge in [0.15, 0.2) is 5.41 Å². The fraction of sp³-hybridized carbons (Fsp3) is 0.304. The molecule has 2 saturated heterocycles. The summed E-state index contributed by atoms with van der Waals surface area (Å²) in [7, 11) is 1.53. The molecule has 2 aliphatic heterocycles. The van der Waals surface area contributed by atoms with E-state index in [1.54, 1.807) is 55.5 Å². The van der Waals surface area contributed by atoms with Crippen LogP contribution >= 0.6 is 11.6 Å². The number of benzene rings is 2. The molecule has 2 fully saturated rings. The molecule has 0 aliphatic carbocycles. The van der Waals surface area contributed by atoms with Crippen LogP contribution in [0.1, 0.15) is 30.1 Å². The molecular weight excluding hydrogens is 416 g/mol. The third-order valence-electron chi connectivity index (χ3n) is 6.14. The summed E-state index contributed by atoms with van der Waals surface area (Å²) in [5.74, 6) is -2.21. The zero-order chi connectivity index (χ0) is 22.4. The number of rotatable bonds is 3. The van der Waals surface area contributed by atoms with Crippen molar-refractivity contribution in [1.29, 1.82) is 21.2 Å². The van der Waals surface area contributed by atoms with Crippen molar-refractivity contribution in [2.24, 2.45) is 10.8 Å². The zero-order valence-corrected chi connectivity index (χ0v) is 17.5. The Morgan fingerprint density at radius 1 is 0.968 bits per heavy atom. The highest BCUT2D eigenvalue weighted by Crippen LogP contribution is 2.69. The number of nitrogens with zero attached hydrogens (tertiary/aromatic N) is 3. The molecule has 7 nitrogen and oxygen atoms in total. The number of methoxy groups -OCH3 is 1. The maximum atomic E-state index is 10.4. The van der Waals surface area contributed by atoms with Gasteiger partial charge in [-0.2, -0.15) is 15.8 Å².